The van der Waals surface area contributed by atoms with Gasteiger partial charge in [-0.25, -0.2) is 14.6 Å². The standard InChI is InChI=1S/C24H22N6O3S/c1-13-14(17-11-18(24(33)30(2)29-17)27-22-8-9-25-12-26-22)4-3-5-16(13)28-23(32)21-10-15-19(31)6-7-20(15)34-21/h3-5,8-12,19,31H,6-7H2,1-2H3,(H,28,32)(H,25,26,27). The zero-order valence-electron chi connectivity index (χ0n) is 18.6. The molecule has 0 fully saturated rings. The number of nitrogens with zero attached hydrogens (tertiary/aromatic N) is 4. The third-order valence-electron chi connectivity index (χ3n) is 5.84. The molecule has 1 aliphatic carbocycles. The second kappa shape index (κ2) is 8.81. The second-order valence-corrected chi connectivity index (χ2v) is 9.20. The Kier molecular flexibility index (Phi) is 5.68. The van der Waals surface area contributed by atoms with Crippen LogP contribution in [0.3, 0.4) is 0 Å². The molecule has 1 aliphatic rings. The summed E-state index contributed by atoms with van der Waals surface area (Å²) in [4.78, 5) is 35.2. The van der Waals surface area contributed by atoms with E-state index >= 15 is 0 Å². The summed E-state index contributed by atoms with van der Waals surface area (Å²) in [6.45, 7) is 1.90. The van der Waals surface area contributed by atoms with Gasteiger partial charge in [0.2, 0.25) is 0 Å². The first kappa shape index (κ1) is 21.9. The van der Waals surface area contributed by atoms with Crippen LogP contribution in [0.4, 0.5) is 17.2 Å². The number of aryl methyl sites for hydroxylation is 2. The number of hydrogen-bond acceptors (Lipinski definition) is 8. The largest absolute Gasteiger partial charge is 0.388 e. The van der Waals surface area contributed by atoms with Gasteiger partial charge in [-0.05, 0) is 55.2 Å². The molecule has 3 N–H and O–H groups in total. The van der Waals surface area contributed by atoms with Crippen molar-refractivity contribution in [3.63, 3.8) is 0 Å². The van der Waals surface area contributed by atoms with Crippen LogP contribution in [-0.2, 0) is 13.5 Å². The number of aromatic nitrogens is 4. The van der Waals surface area contributed by atoms with Crippen molar-refractivity contribution >= 4 is 34.4 Å². The molecule has 1 unspecified atom stereocenters. The number of hydrogen-bond donors (Lipinski definition) is 3. The van der Waals surface area contributed by atoms with Gasteiger partial charge in [0.15, 0.2) is 0 Å². The molecule has 0 aliphatic heterocycles. The predicted octanol–water partition coefficient (Wildman–Crippen LogP) is 3.58. The zero-order chi connectivity index (χ0) is 23.8. The lowest BCUT2D eigenvalue weighted by Crippen LogP contribution is -2.23. The lowest BCUT2D eigenvalue weighted by Gasteiger charge is -2.14. The maximum Gasteiger partial charge on any atom is 0.290 e. The molecule has 9 nitrogen and oxygen atoms in total. The van der Waals surface area contributed by atoms with Crippen LogP contribution in [-0.4, -0.2) is 30.8 Å². The summed E-state index contributed by atoms with van der Waals surface area (Å²) in [5, 5.41) is 20.5. The number of rotatable bonds is 5. The van der Waals surface area contributed by atoms with Crippen LogP contribution in [0.25, 0.3) is 11.3 Å². The number of benzene rings is 1. The van der Waals surface area contributed by atoms with Crippen molar-refractivity contribution in [2.45, 2.75) is 25.9 Å². The van der Waals surface area contributed by atoms with E-state index in [1.54, 1.807) is 31.4 Å². The van der Waals surface area contributed by atoms with E-state index in [1.165, 1.54) is 22.3 Å². The Hall–Kier alpha value is -3.89. The third-order valence-corrected chi connectivity index (χ3v) is 7.04. The molecule has 10 heteroatoms. The molecule has 34 heavy (non-hydrogen) atoms. The first-order valence-corrected chi connectivity index (χ1v) is 11.6. The number of carbonyl (C=O) groups is 1. The predicted molar refractivity (Wildman–Crippen MR) is 131 cm³/mol. The molecule has 0 radical (unpaired) electrons. The Morgan fingerprint density at radius 2 is 2.09 bits per heavy atom. The molecule has 0 saturated heterocycles. The number of thiophene rings is 1. The minimum Gasteiger partial charge on any atom is -0.388 e. The van der Waals surface area contributed by atoms with E-state index in [0.29, 0.717) is 34.2 Å². The molecule has 1 atom stereocenters. The molecular weight excluding hydrogens is 452 g/mol. The number of aliphatic hydroxyl groups excluding tert-OH is 1. The number of fused-ring (bicyclic) bond motifs is 1. The van der Waals surface area contributed by atoms with Crippen LogP contribution in [0.1, 0.15) is 38.2 Å². The van der Waals surface area contributed by atoms with Crippen molar-refractivity contribution in [3.05, 3.63) is 80.2 Å². The Bertz CT molecular complexity index is 1450. The summed E-state index contributed by atoms with van der Waals surface area (Å²) in [5.74, 6) is 0.279. The third kappa shape index (κ3) is 4.09. The van der Waals surface area contributed by atoms with Crippen LogP contribution in [0, 0.1) is 6.92 Å². The average Bonchev–Trinajstić information content (AvgIpc) is 3.41. The van der Waals surface area contributed by atoms with E-state index in [4.69, 9.17) is 0 Å². The van der Waals surface area contributed by atoms with Crippen LogP contribution in [0.5, 0.6) is 0 Å². The highest BCUT2D eigenvalue weighted by molar-refractivity contribution is 7.14. The fourth-order valence-corrected chi connectivity index (χ4v) is 5.15. The molecule has 1 amide bonds. The minimum absolute atomic E-state index is 0.216. The lowest BCUT2D eigenvalue weighted by molar-refractivity contribution is 0.103. The molecule has 3 aromatic heterocycles. The van der Waals surface area contributed by atoms with E-state index in [-0.39, 0.29) is 11.5 Å². The van der Waals surface area contributed by atoms with Crippen LogP contribution < -0.4 is 16.2 Å². The van der Waals surface area contributed by atoms with Gasteiger partial charge in [-0.3, -0.25) is 9.59 Å². The maximum absolute atomic E-state index is 12.9. The van der Waals surface area contributed by atoms with Crippen molar-refractivity contribution in [1.29, 1.82) is 0 Å². The molecule has 3 heterocycles. The molecule has 1 aromatic carbocycles. The number of amides is 1. The van der Waals surface area contributed by atoms with Crippen molar-refractivity contribution in [3.8, 4) is 11.3 Å². The van der Waals surface area contributed by atoms with Gasteiger partial charge in [0.1, 0.15) is 17.8 Å². The molecule has 0 spiro atoms. The first-order chi connectivity index (χ1) is 16.4. The van der Waals surface area contributed by atoms with Crippen molar-refractivity contribution in [2.24, 2.45) is 7.05 Å². The summed E-state index contributed by atoms with van der Waals surface area (Å²) >= 11 is 1.42. The van der Waals surface area contributed by atoms with E-state index in [2.05, 4.69) is 25.7 Å². The Morgan fingerprint density at radius 1 is 1.24 bits per heavy atom. The van der Waals surface area contributed by atoms with Crippen LogP contribution in [0.15, 0.2) is 53.7 Å². The highest BCUT2D eigenvalue weighted by Gasteiger charge is 2.25. The minimum atomic E-state index is -0.487. The van der Waals surface area contributed by atoms with Gasteiger partial charge >= 0.3 is 0 Å². The van der Waals surface area contributed by atoms with Crippen molar-refractivity contribution in [1.82, 2.24) is 19.7 Å². The van der Waals surface area contributed by atoms with Gasteiger partial charge in [0, 0.05) is 29.4 Å². The van der Waals surface area contributed by atoms with E-state index in [1.807, 2.05) is 25.1 Å². The molecule has 4 aromatic rings. The molecule has 5 rings (SSSR count). The summed E-state index contributed by atoms with van der Waals surface area (Å²) in [6, 6.07) is 10.7. The quantitative estimate of drug-likeness (QED) is 0.404. The highest BCUT2D eigenvalue weighted by atomic mass is 32.1. The van der Waals surface area contributed by atoms with Crippen LogP contribution in [0.2, 0.25) is 0 Å². The number of aliphatic hydroxyl groups is 1. The summed E-state index contributed by atoms with van der Waals surface area (Å²) in [7, 11) is 1.59. The Morgan fingerprint density at radius 3 is 2.85 bits per heavy atom. The normalized spacial score (nSPS) is 14.6. The second-order valence-electron chi connectivity index (χ2n) is 8.07. The van der Waals surface area contributed by atoms with Gasteiger partial charge in [0.25, 0.3) is 11.5 Å². The van der Waals surface area contributed by atoms with Gasteiger partial charge in [-0.15, -0.1) is 11.3 Å². The Labute approximate surface area is 199 Å². The number of nitrogens with one attached hydrogen (secondary N) is 2. The van der Waals surface area contributed by atoms with E-state index in [0.717, 1.165) is 28.0 Å². The van der Waals surface area contributed by atoms with Crippen molar-refractivity contribution in [2.75, 3.05) is 10.6 Å². The number of anilines is 3. The SMILES string of the molecule is Cc1c(NC(=O)c2cc3c(s2)CCC3O)cccc1-c1cc(Nc2ccncn2)c(=O)n(C)n1. The lowest BCUT2D eigenvalue weighted by atomic mass is 10.0. The summed E-state index contributed by atoms with van der Waals surface area (Å²) in [5.41, 5.74) is 3.72. The van der Waals surface area contributed by atoms with E-state index in [9.17, 15) is 14.7 Å². The summed E-state index contributed by atoms with van der Waals surface area (Å²) in [6.07, 6.45) is 4.01. The topological polar surface area (TPSA) is 122 Å². The Balaban J connectivity index is 1.45. The molecular formula is C24H22N6O3S. The maximum atomic E-state index is 12.9. The van der Waals surface area contributed by atoms with Gasteiger partial charge in [-0.2, -0.15) is 5.10 Å². The fraction of sp³-hybridized carbons (Fsp3) is 0.208. The molecule has 0 saturated carbocycles. The van der Waals surface area contributed by atoms with E-state index < -0.39 is 6.10 Å². The van der Waals surface area contributed by atoms with Gasteiger partial charge in [-0.1, -0.05) is 12.1 Å². The summed E-state index contributed by atoms with van der Waals surface area (Å²) < 4.78 is 1.27. The highest BCUT2D eigenvalue weighted by Crippen LogP contribution is 2.37. The van der Waals surface area contributed by atoms with Gasteiger partial charge in [0.05, 0.1) is 16.7 Å². The zero-order valence-corrected chi connectivity index (χ0v) is 19.4. The fourth-order valence-electron chi connectivity index (χ4n) is 4.02. The average molecular weight is 475 g/mol. The first-order valence-electron chi connectivity index (χ1n) is 10.7. The molecule has 0 bridgehead atoms. The molecule has 172 valence electrons. The smallest absolute Gasteiger partial charge is 0.290 e. The monoisotopic (exact) mass is 474 g/mol. The number of carbonyl (C=O) groups excluding carboxylic acids is 1. The van der Waals surface area contributed by atoms with Gasteiger partial charge < -0.3 is 15.7 Å². The van der Waals surface area contributed by atoms with Crippen LogP contribution >= 0.6 is 11.3 Å². The van der Waals surface area contributed by atoms with Crippen molar-refractivity contribution < 1.29 is 9.90 Å².